The lowest BCUT2D eigenvalue weighted by atomic mass is 10.2. The van der Waals surface area contributed by atoms with Gasteiger partial charge in [0.2, 0.25) is 0 Å². The maximum absolute atomic E-state index is 12.0. The molecule has 0 aliphatic carbocycles. The lowest BCUT2D eigenvalue weighted by Crippen LogP contribution is -2.34. The summed E-state index contributed by atoms with van der Waals surface area (Å²) >= 11 is 1.62. The largest absolute Gasteiger partial charge is 0.496 e. The van der Waals surface area contributed by atoms with Gasteiger partial charge in [-0.05, 0) is 30.0 Å². The molecule has 7 nitrogen and oxygen atoms in total. The molecule has 0 spiro atoms. The highest BCUT2D eigenvalue weighted by atomic mass is 32.1. The highest BCUT2D eigenvalue weighted by Crippen LogP contribution is 2.16. The van der Waals surface area contributed by atoms with Crippen LogP contribution in [-0.4, -0.2) is 44.6 Å². The Balaban J connectivity index is 1.65. The van der Waals surface area contributed by atoms with E-state index in [1.165, 1.54) is 12.0 Å². The minimum atomic E-state index is -0.693. The normalized spacial score (nSPS) is 10.0. The van der Waals surface area contributed by atoms with Crippen molar-refractivity contribution >= 4 is 29.1 Å². The summed E-state index contributed by atoms with van der Waals surface area (Å²) < 4.78 is 9.93. The molecule has 138 valence electrons. The van der Waals surface area contributed by atoms with Crippen LogP contribution < -0.4 is 15.4 Å². The first-order chi connectivity index (χ1) is 12.6. The number of carbonyl (C=O) groups is 3. The van der Waals surface area contributed by atoms with Crippen LogP contribution in [0.5, 0.6) is 5.75 Å². The fourth-order valence-corrected chi connectivity index (χ4v) is 2.82. The fourth-order valence-electron chi connectivity index (χ4n) is 2.11. The summed E-state index contributed by atoms with van der Waals surface area (Å²) in [5.41, 5.74) is 0.314. The topological polar surface area (TPSA) is 93.7 Å². The van der Waals surface area contributed by atoms with Gasteiger partial charge in [0, 0.05) is 11.4 Å². The van der Waals surface area contributed by atoms with Crippen LogP contribution in [0.1, 0.15) is 15.2 Å². The summed E-state index contributed by atoms with van der Waals surface area (Å²) in [6.07, 6.45) is 0.728. The van der Waals surface area contributed by atoms with E-state index in [2.05, 4.69) is 10.6 Å². The van der Waals surface area contributed by atoms with Gasteiger partial charge < -0.3 is 20.1 Å². The van der Waals surface area contributed by atoms with Crippen LogP contribution in [0, 0.1) is 0 Å². The van der Waals surface area contributed by atoms with E-state index >= 15 is 0 Å². The molecule has 2 aromatic rings. The Morgan fingerprint density at radius 3 is 2.62 bits per heavy atom. The average molecular weight is 376 g/mol. The summed E-state index contributed by atoms with van der Waals surface area (Å²) in [5.74, 6) is -1.13. The Morgan fingerprint density at radius 2 is 1.88 bits per heavy atom. The minimum absolute atomic E-state index is 0.314. The van der Waals surface area contributed by atoms with Crippen molar-refractivity contribution < 1.29 is 23.9 Å². The van der Waals surface area contributed by atoms with Gasteiger partial charge in [0.05, 0.1) is 12.7 Å². The van der Waals surface area contributed by atoms with Crippen molar-refractivity contribution in [3.63, 3.8) is 0 Å². The van der Waals surface area contributed by atoms with E-state index in [9.17, 15) is 14.4 Å². The van der Waals surface area contributed by atoms with E-state index in [0.717, 1.165) is 6.42 Å². The Kier molecular flexibility index (Phi) is 7.63. The summed E-state index contributed by atoms with van der Waals surface area (Å²) in [6, 6.07) is 10.6. The minimum Gasteiger partial charge on any atom is -0.496 e. The molecule has 8 heteroatoms. The van der Waals surface area contributed by atoms with Gasteiger partial charge in [-0.1, -0.05) is 18.2 Å². The number of para-hydroxylation sites is 1. The van der Waals surface area contributed by atoms with Crippen molar-refractivity contribution in [3.05, 3.63) is 52.2 Å². The number of carbonyl (C=O) groups excluding carboxylic acids is 3. The molecule has 2 amide bonds. The van der Waals surface area contributed by atoms with E-state index in [-0.39, 0.29) is 19.1 Å². The molecule has 0 saturated heterocycles. The van der Waals surface area contributed by atoms with Crippen molar-refractivity contribution in [1.82, 2.24) is 10.6 Å². The Morgan fingerprint density at radius 1 is 1.08 bits per heavy atom. The molecule has 1 aromatic carbocycles. The van der Waals surface area contributed by atoms with Crippen molar-refractivity contribution in [2.75, 3.05) is 26.8 Å². The molecule has 2 N–H and O–H groups in total. The van der Waals surface area contributed by atoms with E-state index in [4.69, 9.17) is 9.47 Å². The van der Waals surface area contributed by atoms with Gasteiger partial charge >= 0.3 is 5.97 Å². The molecular formula is C18H20N2O5S. The molecule has 0 aliphatic rings. The number of thiophene rings is 1. The number of amides is 2. The molecular weight excluding hydrogens is 356 g/mol. The molecule has 0 radical (unpaired) electrons. The lowest BCUT2D eigenvalue weighted by molar-refractivity contribution is -0.147. The van der Waals surface area contributed by atoms with Gasteiger partial charge in [-0.25, -0.2) is 0 Å². The molecule has 0 fully saturated rings. The van der Waals surface area contributed by atoms with Gasteiger partial charge in [0.15, 0.2) is 6.61 Å². The lowest BCUT2D eigenvalue weighted by Gasteiger charge is -2.09. The summed E-state index contributed by atoms with van der Waals surface area (Å²) in [4.78, 5) is 36.5. The molecule has 0 atom stereocenters. The van der Waals surface area contributed by atoms with Crippen LogP contribution in [0.25, 0.3) is 0 Å². The van der Waals surface area contributed by atoms with Gasteiger partial charge in [-0.2, -0.15) is 0 Å². The van der Waals surface area contributed by atoms with Gasteiger partial charge in [-0.3, -0.25) is 14.4 Å². The van der Waals surface area contributed by atoms with Crippen LogP contribution in [0.2, 0.25) is 0 Å². The number of methoxy groups -OCH3 is 1. The highest BCUT2D eigenvalue weighted by Gasteiger charge is 2.13. The molecule has 1 heterocycles. The van der Waals surface area contributed by atoms with Crippen molar-refractivity contribution in [3.8, 4) is 5.75 Å². The fraction of sp³-hybridized carbons (Fsp3) is 0.278. The second kappa shape index (κ2) is 10.2. The van der Waals surface area contributed by atoms with Crippen molar-refractivity contribution in [2.45, 2.75) is 6.42 Å². The molecule has 0 bridgehead atoms. The third-order valence-corrected chi connectivity index (χ3v) is 4.32. The number of rotatable bonds is 9. The first kappa shape index (κ1) is 19.5. The van der Waals surface area contributed by atoms with Gasteiger partial charge in [0.25, 0.3) is 11.8 Å². The molecule has 0 saturated carbocycles. The van der Waals surface area contributed by atoms with Crippen LogP contribution in [0.15, 0.2) is 41.8 Å². The highest BCUT2D eigenvalue weighted by molar-refractivity contribution is 7.09. The predicted octanol–water partition coefficient (Wildman–Crippen LogP) is 1.39. The standard InChI is InChI=1S/C18H20N2O5S/c1-24-15-7-3-2-6-14(15)18(23)20-11-17(22)25-12-16(21)19-9-8-13-5-4-10-26-13/h2-7,10H,8-9,11-12H2,1H3,(H,19,21)(H,20,23). The van der Waals surface area contributed by atoms with E-state index < -0.39 is 11.9 Å². The van der Waals surface area contributed by atoms with E-state index in [1.54, 1.807) is 35.6 Å². The Labute approximate surface area is 155 Å². The number of benzene rings is 1. The number of ether oxygens (including phenoxy) is 2. The zero-order chi connectivity index (χ0) is 18.8. The molecule has 26 heavy (non-hydrogen) atoms. The number of hydrogen-bond donors (Lipinski definition) is 2. The molecule has 2 rings (SSSR count). The van der Waals surface area contributed by atoms with Crippen LogP contribution in [-0.2, 0) is 20.7 Å². The second-order valence-corrected chi connectivity index (χ2v) is 6.26. The van der Waals surface area contributed by atoms with Crippen LogP contribution in [0.3, 0.4) is 0 Å². The van der Waals surface area contributed by atoms with E-state index in [1.807, 2.05) is 17.5 Å². The molecule has 0 unspecified atom stereocenters. The Bertz CT molecular complexity index is 746. The maximum atomic E-state index is 12.0. The zero-order valence-electron chi connectivity index (χ0n) is 14.3. The zero-order valence-corrected chi connectivity index (χ0v) is 15.1. The number of nitrogens with one attached hydrogen (secondary N) is 2. The Hall–Kier alpha value is -2.87. The number of esters is 1. The summed E-state index contributed by atoms with van der Waals surface area (Å²) in [7, 11) is 1.46. The molecule has 1 aromatic heterocycles. The average Bonchev–Trinajstić information content (AvgIpc) is 3.17. The third-order valence-electron chi connectivity index (χ3n) is 3.38. The van der Waals surface area contributed by atoms with Gasteiger partial charge in [0.1, 0.15) is 12.3 Å². The van der Waals surface area contributed by atoms with Gasteiger partial charge in [-0.15, -0.1) is 11.3 Å². The first-order valence-corrected chi connectivity index (χ1v) is 8.84. The summed E-state index contributed by atoms with van der Waals surface area (Å²) in [5, 5.41) is 7.07. The summed E-state index contributed by atoms with van der Waals surface area (Å²) in [6.45, 7) is -0.241. The molecule has 0 aliphatic heterocycles. The first-order valence-electron chi connectivity index (χ1n) is 7.96. The quantitative estimate of drug-likeness (QED) is 0.645. The second-order valence-electron chi connectivity index (χ2n) is 5.22. The van der Waals surface area contributed by atoms with Crippen molar-refractivity contribution in [1.29, 1.82) is 0 Å². The monoisotopic (exact) mass is 376 g/mol. The maximum Gasteiger partial charge on any atom is 0.325 e. The van der Waals surface area contributed by atoms with E-state index in [0.29, 0.717) is 17.9 Å². The van der Waals surface area contributed by atoms with Crippen molar-refractivity contribution in [2.24, 2.45) is 0 Å². The predicted molar refractivity (Wildman–Crippen MR) is 97.3 cm³/mol. The third kappa shape index (κ3) is 6.21. The number of hydrogen-bond acceptors (Lipinski definition) is 6. The SMILES string of the molecule is COc1ccccc1C(=O)NCC(=O)OCC(=O)NCCc1cccs1. The smallest absolute Gasteiger partial charge is 0.325 e. The van der Waals surface area contributed by atoms with Crippen LogP contribution >= 0.6 is 11.3 Å². The van der Waals surface area contributed by atoms with Crippen LogP contribution in [0.4, 0.5) is 0 Å².